The molecule has 0 aromatic heterocycles. The summed E-state index contributed by atoms with van der Waals surface area (Å²) in [4.78, 5) is 22.3. The summed E-state index contributed by atoms with van der Waals surface area (Å²) < 4.78 is 0. The van der Waals surface area contributed by atoms with Crippen molar-refractivity contribution in [3.8, 4) is 0 Å². The zero-order valence-electron chi connectivity index (χ0n) is 9.95. The second-order valence-electron chi connectivity index (χ2n) is 4.96. The molecule has 0 bridgehead atoms. The minimum absolute atomic E-state index is 0.0677. The lowest BCUT2D eigenvalue weighted by Crippen LogP contribution is -2.49. The Kier molecular flexibility index (Phi) is 3.28. The maximum absolute atomic E-state index is 11.9. The Morgan fingerprint density at radius 2 is 2.00 bits per heavy atom. The molecule has 4 nitrogen and oxygen atoms in total. The van der Waals surface area contributed by atoms with Gasteiger partial charge in [-0.05, 0) is 12.8 Å². The van der Waals surface area contributed by atoms with Crippen LogP contribution in [0.25, 0.3) is 0 Å². The summed E-state index contributed by atoms with van der Waals surface area (Å²) >= 11 is 0. The van der Waals surface area contributed by atoms with Crippen molar-refractivity contribution in [2.75, 3.05) is 13.6 Å². The summed E-state index contributed by atoms with van der Waals surface area (Å²) in [5, 5.41) is 3.87. The highest BCUT2D eigenvalue weighted by Crippen LogP contribution is 2.41. The minimum atomic E-state index is 0.0677. The molecular weight excluding hydrogens is 204 g/mol. The van der Waals surface area contributed by atoms with E-state index < -0.39 is 0 Å². The van der Waals surface area contributed by atoms with Crippen LogP contribution in [0, 0.1) is 0 Å². The first-order valence-corrected chi connectivity index (χ1v) is 6.17. The average Bonchev–Trinajstić information content (AvgIpc) is 2.50. The van der Waals surface area contributed by atoms with Gasteiger partial charge in [0.15, 0.2) is 0 Å². The molecule has 0 aromatic rings. The predicted molar refractivity (Wildman–Crippen MR) is 60.6 cm³/mol. The molecule has 0 aromatic carbocycles. The molecule has 0 unspecified atom stereocenters. The van der Waals surface area contributed by atoms with Gasteiger partial charge < -0.3 is 4.79 Å². The van der Waals surface area contributed by atoms with Crippen LogP contribution in [0.2, 0.25) is 0 Å². The van der Waals surface area contributed by atoms with E-state index in [1.807, 2.05) is 7.05 Å². The van der Waals surface area contributed by atoms with Gasteiger partial charge in [-0.15, -0.1) is 0 Å². The molecule has 0 radical (unpaired) electrons. The number of hydrogen-bond acceptors (Lipinski definition) is 3. The van der Waals surface area contributed by atoms with Crippen molar-refractivity contribution < 1.29 is 9.59 Å². The highest BCUT2D eigenvalue weighted by atomic mass is 16.2. The number of carbonyl (C=O) groups excluding carboxylic acids is 2. The quantitative estimate of drug-likeness (QED) is 0.680. The summed E-state index contributed by atoms with van der Waals surface area (Å²) in [5.41, 5.74) is 0.0677. The standard InChI is InChI=1S/C12H20N2O2/c1-13-12(6-3-2-4-7-12)10-11(16)14(13)8-5-9-15/h9H,2-8,10H2,1H3. The third kappa shape index (κ3) is 1.86. The molecule has 1 heterocycles. The van der Waals surface area contributed by atoms with Crippen LogP contribution in [0.5, 0.6) is 0 Å². The van der Waals surface area contributed by atoms with E-state index in [9.17, 15) is 9.59 Å². The Morgan fingerprint density at radius 3 is 2.62 bits per heavy atom. The lowest BCUT2D eigenvalue weighted by Gasteiger charge is -2.40. The Morgan fingerprint density at radius 1 is 1.31 bits per heavy atom. The largest absolute Gasteiger partial charge is 0.303 e. The van der Waals surface area contributed by atoms with E-state index in [1.165, 1.54) is 19.3 Å². The monoisotopic (exact) mass is 224 g/mol. The van der Waals surface area contributed by atoms with Crippen LogP contribution in [-0.2, 0) is 9.59 Å². The van der Waals surface area contributed by atoms with E-state index in [2.05, 4.69) is 5.01 Å². The number of rotatable bonds is 3. The summed E-state index contributed by atoms with van der Waals surface area (Å²) in [6.45, 7) is 0.542. The van der Waals surface area contributed by atoms with Gasteiger partial charge in [0, 0.05) is 32.0 Å². The fraction of sp³-hybridized carbons (Fsp3) is 0.833. The number of carbonyl (C=O) groups is 2. The zero-order chi connectivity index (χ0) is 11.6. The first-order chi connectivity index (χ1) is 7.69. The summed E-state index contributed by atoms with van der Waals surface area (Å²) in [7, 11) is 2.00. The number of hydrogen-bond donors (Lipinski definition) is 0. The first kappa shape index (κ1) is 11.6. The molecule has 1 spiro atoms. The van der Waals surface area contributed by atoms with Gasteiger partial charge in [-0.1, -0.05) is 19.3 Å². The second kappa shape index (κ2) is 4.53. The average molecular weight is 224 g/mol. The van der Waals surface area contributed by atoms with Crippen LogP contribution in [0.3, 0.4) is 0 Å². The number of aldehydes is 1. The van der Waals surface area contributed by atoms with E-state index in [-0.39, 0.29) is 11.4 Å². The molecule has 2 fully saturated rings. The van der Waals surface area contributed by atoms with Crippen LogP contribution in [0.15, 0.2) is 0 Å². The molecule has 0 N–H and O–H groups in total. The van der Waals surface area contributed by atoms with Crippen molar-refractivity contribution in [3.05, 3.63) is 0 Å². The fourth-order valence-corrected chi connectivity index (χ4v) is 3.07. The molecule has 2 aliphatic rings. The topological polar surface area (TPSA) is 40.6 Å². The van der Waals surface area contributed by atoms with Gasteiger partial charge in [0.25, 0.3) is 0 Å². The maximum Gasteiger partial charge on any atom is 0.238 e. The van der Waals surface area contributed by atoms with Gasteiger partial charge >= 0.3 is 0 Å². The number of hydrazine groups is 1. The predicted octanol–water partition coefficient (Wildman–Crippen LogP) is 1.36. The fourth-order valence-electron chi connectivity index (χ4n) is 3.07. The van der Waals surface area contributed by atoms with E-state index in [0.29, 0.717) is 19.4 Å². The van der Waals surface area contributed by atoms with Crippen molar-refractivity contribution in [3.63, 3.8) is 0 Å². The molecule has 1 aliphatic carbocycles. The molecule has 1 aliphatic heterocycles. The van der Waals surface area contributed by atoms with Gasteiger partial charge in [-0.2, -0.15) is 0 Å². The number of amides is 1. The number of nitrogens with zero attached hydrogens (tertiary/aromatic N) is 2. The van der Waals surface area contributed by atoms with E-state index in [0.717, 1.165) is 19.1 Å². The Hall–Kier alpha value is -0.900. The maximum atomic E-state index is 11.9. The molecule has 16 heavy (non-hydrogen) atoms. The van der Waals surface area contributed by atoms with Crippen molar-refractivity contribution in [1.29, 1.82) is 0 Å². The normalized spacial score (nSPS) is 25.3. The molecule has 90 valence electrons. The van der Waals surface area contributed by atoms with Gasteiger partial charge in [-0.25, -0.2) is 5.01 Å². The first-order valence-electron chi connectivity index (χ1n) is 6.17. The highest BCUT2D eigenvalue weighted by Gasteiger charge is 2.47. The van der Waals surface area contributed by atoms with Gasteiger partial charge in [0.1, 0.15) is 6.29 Å². The Bertz CT molecular complexity index is 285. The smallest absolute Gasteiger partial charge is 0.238 e. The van der Waals surface area contributed by atoms with Crippen LogP contribution in [0.4, 0.5) is 0 Å². The minimum Gasteiger partial charge on any atom is -0.303 e. The summed E-state index contributed by atoms with van der Waals surface area (Å²) in [6.07, 6.45) is 7.93. The lowest BCUT2D eigenvalue weighted by molar-refractivity contribution is -0.139. The molecule has 4 heteroatoms. The van der Waals surface area contributed by atoms with Crippen LogP contribution in [-0.4, -0.2) is 41.3 Å². The van der Waals surface area contributed by atoms with Crippen LogP contribution < -0.4 is 0 Å². The molecular formula is C12H20N2O2. The Balaban J connectivity index is 2.07. The van der Waals surface area contributed by atoms with Crippen LogP contribution >= 0.6 is 0 Å². The molecule has 0 atom stereocenters. The summed E-state index contributed by atoms with van der Waals surface area (Å²) in [6, 6.07) is 0. The van der Waals surface area contributed by atoms with Crippen molar-refractivity contribution in [1.82, 2.24) is 10.0 Å². The highest BCUT2D eigenvalue weighted by molar-refractivity contribution is 5.79. The van der Waals surface area contributed by atoms with E-state index in [1.54, 1.807) is 5.01 Å². The van der Waals surface area contributed by atoms with Gasteiger partial charge in [0.05, 0.1) is 0 Å². The van der Waals surface area contributed by atoms with Crippen LogP contribution in [0.1, 0.15) is 44.9 Å². The molecule has 2 rings (SSSR count). The van der Waals surface area contributed by atoms with Crippen molar-refractivity contribution in [2.45, 2.75) is 50.5 Å². The summed E-state index contributed by atoms with van der Waals surface area (Å²) in [5.74, 6) is 0.186. The zero-order valence-corrected chi connectivity index (χ0v) is 9.95. The third-order valence-electron chi connectivity index (χ3n) is 4.06. The van der Waals surface area contributed by atoms with E-state index >= 15 is 0 Å². The Labute approximate surface area is 96.6 Å². The van der Waals surface area contributed by atoms with Gasteiger partial charge in [-0.3, -0.25) is 9.80 Å². The van der Waals surface area contributed by atoms with E-state index in [4.69, 9.17) is 0 Å². The van der Waals surface area contributed by atoms with Crippen molar-refractivity contribution in [2.24, 2.45) is 0 Å². The second-order valence-corrected chi connectivity index (χ2v) is 4.96. The molecule has 1 saturated carbocycles. The molecule has 1 amide bonds. The SMILES string of the molecule is CN1N(CCC=O)C(=O)CC12CCCCC2. The third-order valence-corrected chi connectivity index (χ3v) is 4.06. The van der Waals surface area contributed by atoms with Crippen molar-refractivity contribution >= 4 is 12.2 Å². The lowest BCUT2D eigenvalue weighted by atomic mass is 9.80. The van der Waals surface area contributed by atoms with Gasteiger partial charge in [0.2, 0.25) is 5.91 Å². The molecule has 1 saturated heterocycles.